The minimum atomic E-state index is -2.71. The van der Waals surface area contributed by atoms with Gasteiger partial charge in [-0.25, -0.2) is 4.79 Å². The van der Waals surface area contributed by atoms with E-state index >= 15 is 0 Å². The average Bonchev–Trinajstić information content (AvgIpc) is 2.82. The Hall–Kier alpha value is -1.87. The molecule has 0 aromatic heterocycles. The summed E-state index contributed by atoms with van der Waals surface area (Å²) >= 11 is 6.15. The summed E-state index contributed by atoms with van der Waals surface area (Å²) in [7, 11) is 0. The van der Waals surface area contributed by atoms with E-state index in [1.165, 1.54) is 18.2 Å². The molecule has 0 atom stereocenters. The fourth-order valence-corrected chi connectivity index (χ4v) is 4.38. The van der Waals surface area contributed by atoms with Crippen LogP contribution in [0.1, 0.15) is 32.1 Å². The SMILES string of the molecule is O=C(CN1C(=O)NC2(CCCCC2)C1=O)Nc1cccc(Cl)c1SC(F)F. The average molecular weight is 418 g/mol. The highest BCUT2D eigenvalue weighted by atomic mass is 35.5. The summed E-state index contributed by atoms with van der Waals surface area (Å²) in [6, 6.07) is 3.78. The molecule has 0 radical (unpaired) electrons. The van der Waals surface area contributed by atoms with Crippen LogP contribution in [0.15, 0.2) is 23.1 Å². The van der Waals surface area contributed by atoms with Crippen LogP contribution in [0.5, 0.6) is 0 Å². The highest BCUT2D eigenvalue weighted by Gasteiger charge is 2.51. The number of carbonyl (C=O) groups excluding carboxylic acids is 3. The number of nitrogens with one attached hydrogen (secondary N) is 2. The monoisotopic (exact) mass is 417 g/mol. The van der Waals surface area contributed by atoms with Crippen LogP contribution in [0.2, 0.25) is 5.02 Å². The normalized spacial score (nSPS) is 18.9. The van der Waals surface area contributed by atoms with Crippen molar-refractivity contribution in [2.45, 2.75) is 48.3 Å². The van der Waals surface area contributed by atoms with Gasteiger partial charge in [0.05, 0.1) is 15.6 Å². The number of hydrogen-bond acceptors (Lipinski definition) is 4. The van der Waals surface area contributed by atoms with Gasteiger partial charge in [0.25, 0.3) is 11.7 Å². The lowest BCUT2D eigenvalue weighted by Crippen LogP contribution is -2.48. The second-order valence-corrected chi connectivity index (χ2v) is 7.91. The number of alkyl halides is 2. The van der Waals surface area contributed by atoms with Crippen LogP contribution < -0.4 is 10.6 Å². The van der Waals surface area contributed by atoms with E-state index in [0.717, 1.165) is 24.2 Å². The fourth-order valence-electron chi connectivity index (χ4n) is 3.46. The van der Waals surface area contributed by atoms with Gasteiger partial charge in [-0.2, -0.15) is 8.78 Å². The number of carbonyl (C=O) groups is 3. The summed E-state index contributed by atoms with van der Waals surface area (Å²) in [5.41, 5.74) is -0.806. The number of nitrogens with zero attached hydrogens (tertiary/aromatic N) is 1. The van der Waals surface area contributed by atoms with Gasteiger partial charge in [0.2, 0.25) is 5.91 Å². The first-order valence-electron chi connectivity index (χ1n) is 8.50. The van der Waals surface area contributed by atoms with E-state index in [0.29, 0.717) is 12.8 Å². The molecular formula is C17H18ClF2N3O3S. The zero-order valence-electron chi connectivity index (χ0n) is 14.3. The van der Waals surface area contributed by atoms with E-state index in [2.05, 4.69) is 10.6 Å². The number of imide groups is 1. The molecule has 2 fully saturated rings. The smallest absolute Gasteiger partial charge is 0.323 e. The lowest BCUT2D eigenvalue weighted by molar-refractivity contribution is -0.134. The minimum absolute atomic E-state index is 0.0310. The number of benzene rings is 1. The molecule has 1 aliphatic carbocycles. The van der Waals surface area contributed by atoms with E-state index in [9.17, 15) is 23.2 Å². The molecule has 27 heavy (non-hydrogen) atoms. The Bertz CT molecular complexity index is 772. The van der Waals surface area contributed by atoms with Gasteiger partial charge in [-0.3, -0.25) is 14.5 Å². The Morgan fingerprint density at radius 1 is 1.30 bits per heavy atom. The van der Waals surface area contributed by atoms with E-state index in [4.69, 9.17) is 11.6 Å². The zero-order chi connectivity index (χ0) is 19.6. The molecular weight excluding hydrogens is 400 g/mol. The maximum atomic E-state index is 12.7. The number of anilines is 1. The Labute approximate surface area is 164 Å². The van der Waals surface area contributed by atoms with Crippen molar-refractivity contribution in [1.29, 1.82) is 0 Å². The molecule has 6 nitrogen and oxygen atoms in total. The van der Waals surface area contributed by atoms with Crippen LogP contribution in [0.4, 0.5) is 19.3 Å². The number of rotatable bonds is 5. The number of halogens is 3. The fraction of sp³-hybridized carbons (Fsp3) is 0.471. The molecule has 3 rings (SSSR count). The van der Waals surface area contributed by atoms with Gasteiger partial charge in [0, 0.05) is 0 Å². The molecule has 146 valence electrons. The van der Waals surface area contributed by atoms with E-state index < -0.39 is 35.7 Å². The Kier molecular flexibility index (Phi) is 5.90. The molecule has 1 spiro atoms. The van der Waals surface area contributed by atoms with Crippen molar-refractivity contribution >= 4 is 46.9 Å². The maximum Gasteiger partial charge on any atom is 0.325 e. The standard InChI is InChI=1S/C17H18ClF2N3O3S/c18-10-5-4-6-11(13(10)27-15(19)20)21-12(24)9-23-14(25)17(22-16(23)26)7-2-1-3-8-17/h4-6,15H,1-3,7-9H2,(H,21,24)(H,22,26). The van der Waals surface area contributed by atoms with Crippen molar-refractivity contribution in [2.24, 2.45) is 0 Å². The maximum absolute atomic E-state index is 12.7. The third kappa shape index (κ3) is 4.19. The minimum Gasteiger partial charge on any atom is -0.323 e. The molecule has 2 N–H and O–H groups in total. The van der Waals surface area contributed by atoms with Crippen molar-refractivity contribution < 1.29 is 23.2 Å². The number of hydrogen-bond donors (Lipinski definition) is 2. The van der Waals surface area contributed by atoms with Gasteiger partial charge < -0.3 is 10.6 Å². The Balaban J connectivity index is 1.71. The van der Waals surface area contributed by atoms with Gasteiger partial charge in [0.1, 0.15) is 12.1 Å². The van der Waals surface area contributed by atoms with Gasteiger partial charge in [-0.1, -0.05) is 48.7 Å². The van der Waals surface area contributed by atoms with Crippen molar-refractivity contribution in [3.63, 3.8) is 0 Å². The van der Waals surface area contributed by atoms with Crippen LogP contribution in [-0.4, -0.2) is 40.6 Å². The van der Waals surface area contributed by atoms with Crippen molar-refractivity contribution in [2.75, 3.05) is 11.9 Å². The van der Waals surface area contributed by atoms with Crippen molar-refractivity contribution in [3.05, 3.63) is 23.2 Å². The molecule has 1 aliphatic heterocycles. The topological polar surface area (TPSA) is 78.5 Å². The number of urea groups is 1. The van der Waals surface area contributed by atoms with Crippen LogP contribution in [0, 0.1) is 0 Å². The van der Waals surface area contributed by atoms with Crippen LogP contribution in [0.3, 0.4) is 0 Å². The zero-order valence-corrected chi connectivity index (χ0v) is 15.8. The summed E-state index contributed by atoms with van der Waals surface area (Å²) < 4.78 is 25.5. The molecule has 4 amide bonds. The summed E-state index contributed by atoms with van der Waals surface area (Å²) in [5, 5.41) is 5.26. The van der Waals surface area contributed by atoms with Crippen molar-refractivity contribution in [1.82, 2.24) is 10.2 Å². The van der Waals surface area contributed by atoms with E-state index in [1.54, 1.807) is 0 Å². The van der Waals surface area contributed by atoms with E-state index in [1.807, 2.05) is 0 Å². The summed E-state index contributed by atoms with van der Waals surface area (Å²) in [5.74, 6) is -3.78. The highest BCUT2D eigenvalue weighted by Crippen LogP contribution is 2.38. The van der Waals surface area contributed by atoms with Gasteiger partial charge in [-0.05, 0) is 25.0 Å². The number of thioether (sulfide) groups is 1. The molecule has 1 aromatic rings. The first-order chi connectivity index (χ1) is 12.8. The molecule has 10 heteroatoms. The van der Waals surface area contributed by atoms with Crippen molar-refractivity contribution in [3.8, 4) is 0 Å². The lowest BCUT2D eigenvalue weighted by Gasteiger charge is -2.30. The van der Waals surface area contributed by atoms with Gasteiger partial charge >= 0.3 is 6.03 Å². The Morgan fingerprint density at radius 3 is 2.67 bits per heavy atom. The predicted octanol–water partition coefficient (Wildman–Crippen LogP) is 3.85. The third-order valence-corrected chi connectivity index (χ3v) is 5.98. The first kappa shape index (κ1) is 19.9. The largest absolute Gasteiger partial charge is 0.325 e. The summed E-state index contributed by atoms with van der Waals surface area (Å²) in [6.07, 6.45) is 3.79. The summed E-state index contributed by atoms with van der Waals surface area (Å²) in [4.78, 5) is 38.2. The summed E-state index contributed by atoms with van der Waals surface area (Å²) in [6.45, 7) is -0.488. The molecule has 1 saturated carbocycles. The van der Waals surface area contributed by atoms with E-state index in [-0.39, 0.29) is 27.4 Å². The second kappa shape index (κ2) is 8.02. The predicted molar refractivity (Wildman–Crippen MR) is 98.0 cm³/mol. The van der Waals surface area contributed by atoms with Crippen LogP contribution in [-0.2, 0) is 9.59 Å². The molecule has 0 bridgehead atoms. The highest BCUT2D eigenvalue weighted by molar-refractivity contribution is 7.99. The third-order valence-electron chi connectivity index (χ3n) is 4.70. The van der Waals surface area contributed by atoms with Crippen LogP contribution >= 0.6 is 23.4 Å². The molecule has 1 heterocycles. The van der Waals surface area contributed by atoms with Gasteiger partial charge in [0.15, 0.2) is 0 Å². The van der Waals surface area contributed by atoms with Gasteiger partial charge in [-0.15, -0.1) is 0 Å². The Morgan fingerprint density at radius 2 is 2.00 bits per heavy atom. The molecule has 0 unspecified atom stereocenters. The lowest BCUT2D eigenvalue weighted by atomic mass is 9.82. The molecule has 1 saturated heterocycles. The quantitative estimate of drug-likeness (QED) is 0.563. The first-order valence-corrected chi connectivity index (χ1v) is 9.75. The molecule has 2 aliphatic rings. The van der Waals surface area contributed by atoms with Crippen LogP contribution in [0.25, 0.3) is 0 Å². The molecule has 1 aromatic carbocycles. The second-order valence-electron chi connectivity index (χ2n) is 6.51. The number of amides is 4.